The van der Waals surface area contributed by atoms with Crippen molar-refractivity contribution in [3.8, 4) is 5.75 Å². The Morgan fingerprint density at radius 2 is 1.80 bits per heavy atom. The molecule has 2 aromatic rings. The lowest BCUT2D eigenvalue weighted by Crippen LogP contribution is -2.21. The summed E-state index contributed by atoms with van der Waals surface area (Å²) in [4.78, 5) is 11.5. The van der Waals surface area contributed by atoms with Crippen molar-refractivity contribution in [3.63, 3.8) is 0 Å². The van der Waals surface area contributed by atoms with Crippen molar-refractivity contribution in [3.05, 3.63) is 58.7 Å². The van der Waals surface area contributed by atoms with E-state index in [2.05, 4.69) is 45.0 Å². The normalized spacial score (nSPS) is 13.8. The summed E-state index contributed by atoms with van der Waals surface area (Å²) in [5, 5.41) is 0.992. The van der Waals surface area contributed by atoms with E-state index in [1.807, 2.05) is 19.1 Å². The smallest absolute Gasteiger partial charge is 0.188 e. The Morgan fingerprint density at radius 1 is 1.12 bits per heavy atom. The molecule has 0 fully saturated rings. The van der Waals surface area contributed by atoms with Crippen LogP contribution in [-0.2, 0) is 9.89 Å². The first kappa shape index (κ1) is 19.6. The van der Waals surface area contributed by atoms with Crippen LogP contribution in [0.25, 0.3) is 0 Å². The van der Waals surface area contributed by atoms with E-state index in [-0.39, 0.29) is 11.9 Å². The van der Waals surface area contributed by atoms with Crippen LogP contribution in [0.5, 0.6) is 5.75 Å². The molecule has 0 saturated carbocycles. The summed E-state index contributed by atoms with van der Waals surface area (Å²) in [6, 6.07) is 12.4. The van der Waals surface area contributed by atoms with Crippen LogP contribution in [0, 0.1) is 13.8 Å². The molecule has 2 atom stereocenters. The molecule has 3 nitrogen and oxygen atoms in total. The fraction of sp³-hybridized carbons (Fsp3) is 0.381. The number of rotatable bonds is 8. The van der Waals surface area contributed by atoms with Gasteiger partial charge in [-0.3, -0.25) is 4.79 Å². The number of methoxy groups -OCH3 is 1. The largest absolute Gasteiger partial charge is 0.467 e. The Labute approximate surface area is 152 Å². The second-order valence-electron chi connectivity index (χ2n) is 6.57. The predicted octanol–water partition coefficient (Wildman–Crippen LogP) is 4.73. The van der Waals surface area contributed by atoms with Gasteiger partial charge in [-0.05, 0) is 37.7 Å². The van der Waals surface area contributed by atoms with Gasteiger partial charge >= 0.3 is 0 Å². The van der Waals surface area contributed by atoms with Crippen molar-refractivity contribution in [2.45, 2.75) is 39.3 Å². The lowest BCUT2D eigenvalue weighted by molar-refractivity contribution is 0.0500. The van der Waals surface area contributed by atoms with Gasteiger partial charge in [0.1, 0.15) is 5.75 Å². The maximum absolute atomic E-state index is 11.5. The van der Waals surface area contributed by atoms with Gasteiger partial charge in [-0.2, -0.15) is 0 Å². The number of hydrogen-bond donors (Lipinski definition) is 0. The number of hydrogen-bond acceptors (Lipinski definition) is 3. The van der Waals surface area contributed by atoms with E-state index in [0.717, 1.165) is 34.9 Å². The average molecular weight is 358 g/mol. The molecule has 0 aliphatic heterocycles. The highest BCUT2D eigenvalue weighted by molar-refractivity contribution is 7.48. The molecule has 0 amide bonds. The summed E-state index contributed by atoms with van der Waals surface area (Å²) in [5.41, 5.74) is 4.25. The van der Waals surface area contributed by atoms with Crippen LogP contribution in [0.1, 0.15) is 47.3 Å². The minimum atomic E-state index is -0.109. The summed E-state index contributed by atoms with van der Waals surface area (Å²) in [6.07, 6.45) is 1.91. The molecule has 0 aromatic heterocycles. The number of carbonyl (C=O) groups is 1. The van der Waals surface area contributed by atoms with Crippen molar-refractivity contribution in [2.24, 2.45) is 0 Å². The first-order valence-corrected chi connectivity index (χ1v) is 9.50. The monoisotopic (exact) mass is 358 g/mol. The highest BCUT2D eigenvalue weighted by Gasteiger charge is 2.29. The molecule has 2 rings (SSSR count). The van der Waals surface area contributed by atoms with Crippen LogP contribution in [0.3, 0.4) is 0 Å². The highest BCUT2D eigenvalue weighted by Crippen LogP contribution is 2.47. The average Bonchev–Trinajstić information content (AvgIpc) is 2.62. The van der Waals surface area contributed by atoms with Crippen LogP contribution in [0.15, 0.2) is 36.4 Å². The molecule has 0 heterocycles. The maximum Gasteiger partial charge on any atom is 0.188 e. The molecular formula is C21H27O3P. The zero-order valence-corrected chi connectivity index (χ0v) is 16.7. The lowest BCUT2D eigenvalue weighted by atomic mass is 9.95. The van der Waals surface area contributed by atoms with Gasteiger partial charge in [-0.1, -0.05) is 57.8 Å². The van der Waals surface area contributed by atoms with E-state index in [4.69, 9.17) is 9.47 Å². The molecule has 2 unspecified atom stereocenters. The number of aldehydes is 1. The van der Waals surface area contributed by atoms with Crippen molar-refractivity contribution < 1.29 is 14.3 Å². The molecule has 0 spiro atoms. The molecule has 0 aliphatic carbocycles. The molecule has 0 radical (unpaired) electrons. The SMILES string of the molecule is CCC(C)(Pc1ccc(C)cc1C=O)c1cc(C)ccc1OCOC. The zero-order valence-electron chi connectivity index (χ0n) is 15.7. The number of aryl methyl sites for hydroxylation is 2. The van der Waals surface area contributed by atoms with E-state index in [9.17, 15) is 4.79 Å². The molecule has 4 heteroatoms. The van der Waals surface area contributed by atoms with E-state index in [1.54, 1.807) is 7.11 Å². The van der Waals surface area contributed by atoms with Crippen LogP contribution in [-0.4, -0.2) is 20.2 Å². The minimum Gasteiger partial charge on any atom is -0.467 e. The van der Waals surface area contributed by atoms with Crippen LogP contribution < -0.4 is 10.0 Å². The third-order valence-corrected chi connectivity index (χ3v) is 6.41. The molecular weight excluding hydrogens is 331 g/mol. The Balaban J connectivity index is 2.46. The van der Waals surface area contributed by atoms with Gasteiger partial charge in [0.25, 0.3) is 0 Å². The summed E-state index contributed by atoms with van der Waals surface area (Å²) >= 11 is 0. The predicted molar refractivity (Wildman–Crippen MR) is 106 cm³/mol. The summed E-state index contributed by atoms with van der Waals surface area (Å²) in [6.45, 7) is 8.75. The van der Waals surface area contributed by atoms with Crippen LogP contribution >= 0.6 is 8.58 Å². The molecule has 0 saturated heterocycles. The van der Waals surface area contributed by atoms with Gasteiger partial charge in [0.05, 0.1) is 0 Å². The second-order valence-corrected chi connectivity index (χ2v) is 8.46. The second kappa shape index (κ2) is 8.60. The highest BCUT2D eigenvalue weighted by atomic mass is 31.1. The molecule has 0 bridgehead atoms. The summed E-state index contributed by atoms with van der Waals surface area (Å²) in [5.74, 6) is 0.851. The number of ether oxygens (including phenoxy) is 2. The third kappa shape index (κ3) is 4.68. The molecule has 134 valence electrons. The third-order valence-electron chi connectivity index (χ3n) is 4.51. The van der Waals surface area contributed by atoms with E-state index < -0.39 is 0 Å². The van der Waals surface area contributed by atoms with Crippen molar-refractivity contribution in [2.75, 3.05) is 13.9 Å². The van der Waals surface area contributed by atoms with Gasteiger partial charge < -0.3 is 9.47 Å². The molecule has 0 N–H and O–H groups in total. The Kier molecular flexibility index (Phi) is 6.75. The van der Waals surface area contributed by atoms with Gasteiger partial charge in [0.2, 0.25) is 0 Å². The quantitative estimate of drug-likeness (QED) is 0.389. The molecule has 0 aliphatic rings. The van der Waals surface area contributed by atoms with Crippen molar-refractivity contribution in [1.29, 1.82) is 0 Å². The minimum absolute atomic E-state index is 0.109. The van der Waals surface area contributed by atoms with Gasteiger partial charge in [-0.25, -0.2) is 0 Å². The summed E-state index contributed by atoms with van der Waals surface area (Å²) < 4.78 is 10.9. The zero-order chi connectivity index (χ0) is 18.4. The molecule has 2 aromatic carbocycles. The van der Waals surface area contributed by atoms with E-state index in [0.29, 0.717) is 8.58 Å². The van der Waals surface area contributed by atoms with Crippen molar-refractivity contribution in [1.82, 2.24) is 0 Å². The first-order chi connectivity index (χ1) is 11.9. The van der Waals surface area contributed by atoms with Gasteiger partial charge in [0.15, 0.2) is 13.1 Å². The van der Waals surface area contributed by atoms with Gasteiger partial charge in [-0.15, -0.1) is 0 Å². The number of benzene rings is 2. The van der Waals surface area contributed by atoms with E-state index in [1.165, 1.54) is 11.1 Å². The topological polar surface area (TPSA) is 35.5 Å². The Morgan fingerprint density at radius 3 is 2.44 bits per heavy atom. The van der Waals surface area contributed by atoms with Crippen molar-refractivity contribution >= 4 is 20.2 Å². The lowest BCUT2D eigenvalue weighted by Gasteiger charge is -2.31. The maximum atomic E-state index is 11.5. The van der Waals surface area contributed by atoms with E-state index >= 15 is 0 Å². The Bertz CT molecular complexity index is 742. The van der Waals surface area contributed by atoms with Crippen LogP contribution in [0.2, 0.25) is 0 Å². The van der Waals surface area contributed by atoms with Gasteiger partial charge in [0, 0.05) is 23.4 Å². The standard InChI is InChI=1S/C21H27O3P/c1-6-21(4,25-20-10-8-15(2)11-17(20)13-22)18-12-16(3)7-9-19(18)24-14-23-5/h7-13,25H,6,14H2,1-5H3. The number of carbonyl (C=O) groups excluding carboxylic acids is 1. The fourth-order valence-electron chi connectivity index (χ4n) is 2.86. The Hall–Kier alpha value is -1.70. The summed E-state index contributed by atoms with van der Waals surface area (Å²) in [7, 11) is 2.10. The van der Waals surface area contributed by atoms with Crippen LogP contribution in [0.4, 0.5) is 0 Å². The first-order valence-electron chi connectivity index (χ1n) is 8.50. The molecule has 25 heavy (non-hydrogen) atoms. The fourth-order valence-corrected chi connectivity index (χ4v) is 4.40.